The third-order valence-corrected chi connectivity index (χ3v) is 2.68. The van der Waals surface area contributed by atoms with Gasteiger partial charge in [-0.25, -0.2) is 0 Å². The molecule has 1 aromatic rings. The van der Waals surface area contributed by atoms with Gasteiger partial charge in [0.1, 0.15) is 0 Å². The molecule has 1 aliphatic heterocycles. The minimum absolute atomic E-state index is 0.576. The first-order valence-corrected chi connectivity index (χ1v) is 4.92. The molecular weight excluding hydrogens is 160 g/mol. The van der Waals surface area contributed by atoms with Crippen molar-refractivity contribution in [1.29, 1.82) is 0 Å². The minimum atomic E-state index is 0.576. The Morgan fingerprint density at radius 2 is 2.08 bits per heavy atom. The van der Waals surface area contributed by atoms with Gasteiger partial charge < -0.3 is 11.1 Å². The Morgan fingerprint density at radius 3 is 2.62 bits per heavy atom. The van der Waals surface area contributed by atoms with E-state index < -0.39 is 0 Å². The molecule has 1 aromatic carbocycles. The van der Waals surface area contributed by atoms with Crippen LogP contribution in [0.2, 0.25) is 0 Å². The van der Waals surface area contributed by atoms with Gasteiger partial charge in [0.2, 0.25) is 0 Å². The van der Waals surface area contributed by atoms with Crippen LogP contribution in [0.4, 0.5) is 0 Å². The molecule has 70 valence electrons. The van der Waals surface area contributed by atoms with Gasteiger partial charge in [0, 0.05) is 12.6 Å². The van der Waals surface area contributed by atoms with Crippen LogP contribution in [0.1, 0.15) is 30.0 Å². The zero-order chi connectivity index (χ0) is 9.10. The van der Waals surface area contributed by atoms with Crippen molar-refractivity contribution in [2.45, 2.75) is 25.4 Å². The van der Waals surface area contributed by atoms with E-state index in [1.807, 2.05) is 0 Å². The summed E-state index contributed by atoms with van der Waals surface area (Å²) >= 11 is 0. The number of nitrogens with one attached hydrogen (secondary N) is 1. The van der Waals surface area contributed by atoms with Gasteiger partial charge in [-0.15, -0.1) is 0 Å². The summed E-state index contributed by atoms with van der Waals surface area (Å²) in [5.74, 6) is 0. The van der Waals surface area contributed by atoms with Gasteiger partial charge in [-0.05, 0) is 30.5 Å². The molecule has 0 aliphatic carbocycles. The van der Waals surface area contributed by atoms with Crippen LogP contribution in [0.15, 0.2) is 24.3 Å². The molecule has 2 rings (SSSR count). The summed E-state index contributed by atoms with van der Waals surface area (Å²) < 4.78 is 0. The topological polar surface area (TPSA) is 38.0 Å². The lowest BCUT2D eigenvalue weighted by Gasteiger charge is -2.10. The fourth-order valence-corrected chi connectivity index (χ4v) is 1.86. The van der Waals surface area contributed by atoms with E-state index in [4.69, 9.17) is 5.73 Å². The monoisotopic (exact) mass is 176 g/mol. The van der Waals surface area contributed by atoms with Gasteiger partial charge in [-0.3, -0.25) is 0 Å². The smallest absolute Gasteiger partial charge is 0.0320 e. The van der Waals surface area contributed by atoms with Crippen LogP contribution in [0, 0.1) is 0 Å². The highest BCUT2D eigenvalue weighted by atomic mass is 14.9. The van der Waals surface area contributed by atoms with Gasteiger partial charge in [-0.2, -0.15) is 0 Å². The van der Waals surface area contributed by atoms with Crippen LogP contribution < -0.4 is 11.1 Å². The second kappa shape index (κ2) is 3.90. The Labute approximate surface area is 79.1 Å². The summed E-state index contributed by atoms with van der Waals surface area (Å²) in [6, 6.07) is 9.19. The van der Waals surface area contributed by atoms with Crippen LogP contribution in [-0.2, 0) is 6.54 Å². The molecule has 13 heavy (non-hydrogen) atoms. The summed E-state index contributed by atoms with van der Waals surface area (Å²) in [6.07, 6.45) is 2.56. The zero-order valence-corrected chi connectivity index (χ0v) is 7.79. The summed E-state index contributed by atoms with van der Waals surface area (Å²) in [5.41, 5.74) is 8.15. The number of nitrogens with two attached hydrogens (primary N) is 1. The first kappa shape index (κ1) is 8.73. The summed E-state index contributed by atoms with van der Waals surface area (Å²) in [7, 11) is 0. The Kier molecular flexibility index (Phi) is 2.62. The molecule has 0 amide bonds. The van der Waals surface area contributed by atoms with Gasteiger partial charge >= 0.3 is 0 Å². The largest absolute Gasteiger partial charge is 0.326 e. The molecule has 1 saturated heterocycles. The predicted molar refractivity (Wildman–Crippen MR) is 54.3 cm³/mol. The fraction of sp³-hybridized carbons (Fsp3) is 0.455. The average Bonchev–Trinajstić information content (AvgIpc) is 2.71. The number of hydrogen-bond acceptors (Lipinski definition) is 2. The maximum atomic E-state index is 5.54. The van der Waals surface area contributed by atoms with Gasteiger partial charge in [0.25, 0.3) is 0 Å². The molecule has 0 aromatic heterocycles. The van der Waals surface area contributed by atoms with Gasteiger partial charge in [0.05, 0.1) is 0 Å². The lowest BCUT2D eigenvalue weighted by atomic mass is 10.0. The Hall–Kier alpha value is -0.860. The SMILES string of the molecule is NCc1ccc(C2CCCN2)cc1. The standard InChI is InChI=1S/C11H16N2/c12-8-9-3-5-10(6-4-9)11-2-1-7-13-11/h3-6,11,13H,1-2,7-8,12H2. The van der Waals surface area contributed by atoms with Gasteiger partial charge in [-0.1, -0.05) is 24.3 Å². The molecule has 0 saturated carbocycles. The molecule has 1 heterocycles. The lowest BCUT2D eigenvalue weighted by Crippen LogP contribution is -2.12. The normalized spacial score (nSPS) is 22.1. The third kappa shape index (κ3) is 1.90. The molecule has 1 fully saturated rings. The van der Waals surface area contributed by atoms with Crippen molar-refractivity contribution in [2.75, 3.05) is 6.54 Å². The number of benzene rings is 1. The number of hydrogen-bond donors (Lipinski definition) is 2. The van der Waals surface area contributed by atoms with E-state index in [1.165, 1.54) is 24.0 Å². The molecule has 0 radical (unpaired) electrons. The van der Waals surface area contributed by atoms with Crippen LogP contribution in [0.25, 0.3) is 0 Å². The maximum absolute atomic E-state index is 5.54. The van der Waals surface area contributed by atoms with Crippen molar-refractivity contribution in [3.8, 4) is 0 Å². The first-order chi connectivity index (χ1) is 6.40. The van der Waals surface area contributed by atoms with E-state index in [0.29, 0.717) is 12.6 Å². The van der Waals surface area contributed by atoms with Gasteiger partial charge in [0.15, 0.2) is 0 Å². The average molecular weight is 176 g/mol. The first-order valence-electron chi connectivity index (χ1n) is 4.92. The van der Waals surface area contributed by atoms with Crippen LogP contribution in [-0.4, -0.2) is 6.54 Å². The summed E-state index contributed by atoms with van der Waals surface area (Å²) in [6.45, 7) is 1.79. The molecule has 2 heteroatoms. The second-order valence-corrected chi connectivity index (χ2v) is 3.59. The molecule has 3 N–H and O–H groups in total. The molecule has 0 spiro atoms. The van der Waals surface area contributed by atoms with E-state index in [-0.39, 0.29) is 0 Å². The highest BCUT2D eigenvalue weighted by Gasteiger charge is 2.15. The minimum Gasteiger partial charge on any atom is -0.326 e. The van der Waals surface area contributed by atoms with E-state index in [1.54, 1.807) is 0 Å². The van der Waals surface area contributed by atoms with Crippen LogP contribution in [0.3, 0.4) is 0 Å². The fourth-order valence-electron chi connectivity index (χ4n) is 1.86. The van der Waals surface area contributed by atoms with Crippen molar-refractivity contribution in [2.24, 2.45) is 5.73 Å². The van der Waals surface area contributed by atoms with Crippen molar-refractivity contribution >= 4 is 0 Å². The lowest BCUT2D eigenvalue weighted by molar-refractivity contribution is 0.647. The predicted octanol–water partition coefficient (Wildman–Crippen LogP) is 1.57. The third-order valence-electron chi connectivity index (χ3n) is 2.68. The highest BCUT2D eigenvalue weighted by Crippen LogP contribution is 2.22. The number of rotatable bonds is 2. The Balaban J connectivity index is 2.12. The van der Waals surface area contributed by atoms with E-state index in [0.717, 1.165) is 6.54 Å². The summed E-state index contributed by atoms with van der Waals surface area (Å²) in [4.78, 5) is 0. The highest BCUT2D eigenvalue weighted by molar-refractivity contribution is 5.25. The van der Waals surface area contributed by atoms with Crippen molar-refractivity contribution < 1.29 is 0 Å². The molecule has 1 aliphatic rings. The van der Waals surface area contributed by atoms with Crippen molar-refractivity contribution in [3.63, 3.8) is 0 Å². The molecule has 2 nitrogen and oxygen atoms in total. The summed E-state index contributed by atoms with van der Waals surface area (Å²) in [5, 5.41) is 3.48. The zero-order valence-electron chi connectivity index (χ0n) is 7.79. The Bertz CT molecular complexity index is 260. The van der Waals surface area contributed by atoms with E-state index in [2.05, 4.69) is 29.6 Å². The molecule has 0 bridgehead atoms. The van der Waals surface area contributed by atoms with E-state index in [9.17, 15) is 0 Å². The maximum Gasteiger partial charge on any atom is 0.0320 e. The van der Waals surface area contributed by atoms with Crippen molar-refractivity contribution in [3.05, 3.63) is 35.4 Å². The Morgan fingerprint density at radius 1 is 1.31 bits per heavy atom. The van der Waals surface area contributed by atoms with Crippen LogP contribution in [0.5, 0.6) is 0 Å². The molecular formula is C11H16N2. The second-order valence-electron chi connectivity index (χ2n) is 3.59. The molecule has 1 atom stereocenters. The molecule has 1 unspecified atom stereocenters. The van der Waals surface area contributed by atoms with Crippen molar-refractivity contribution in [1.82, 2.24) is 5.32 Å². The quantitative estimate of drug-likeness (QED) is 0.717. The van der Waals surface area contributed by atoms with E-state index >= 15 is 0 Å². The van der Waals surface area contributed by atoms with Crippen LogP contribution >= 0.6 is 0 Å².